The molecule has 23 heavy (non-hydrogen) atoms. The minimum Gasteiger partial charge on any atom is -0.348 e. The van der Waals surface area contributed by atoms with Crippen molar-refractivity contribution < 1.29 is 24.2 Å². The van der Waals surface area contributed by atoms with Crippen molar-refractivity contribution >= 4 is 16.1 Å². The number of nitrogens with zero attached hydrogens (tertiary/aromatic N) is 2. The van der Waals surface area contributed by atoms with E-state index < -0.39 is 21.0 Å². The van der Waals surface area contributed by atoms with Crippen LogP contribution in [0.5, 0.6) is 0 Å². The van der Waals surface area contributed by atoms with Crippen molar-refractivity contribution in [1.82, 2.24) is 15.1 Å². The van der Waals surface area contributed by atoms with Crippen molar-refractivity contribution in [3.05, 3.63) is 48.3 Å². The maximum absolute atomic E-state index is 12.6. The van der Waals surface area contributed by atoms with Gasteiger partial charge in [0, 0.05) is 24.0 Å². The molecule has 0 radical (unpaired) electrons. The molecule has 1 aromatic carbocycles. The minimum atomic E-state index is -9.72. The molecule has 0 unspecified atom stereocenters. The molecule has 0 fully saturated rings. The van der Waals surface area contributed by atoms with E-state index >= 15 is 0 Å². The smallest absolute Gasteiger partial charge is 0.310 e. The number of aromatic nitrogens is 2. The van der Waals surface area contributed by atoms with Crippen LogP contribution in [0.2, 0.25) is 0 Å². The van der Waals surface area contributed by atoms with Crippen LogP contribution >= 0.6 is 10.2 Å². The zero-order valence-corrected chi connectivity index (χ0v) is 12.7. The fourth-order valence-corrected chi connectivity index (χ4v) is 2.56. The van der Waals surface area contributed by atoms with Crippen LogP contribution in [0.25, 0.3) is 0 Å². The monoisotopic (exact) mass is 355 g/mol. The van der Waals surface area contributed by atoms with Crippen LogP contribution in [0.4, 0.5) is 19.4 Å². The highest BCUT2D eigenvalue weighted by Gasteiger charge is 2.65. The highest BCUT2D eigenvalue weighted by Crippen LogP contribution is 3.02. The summed E-state index contributed by atoms with van der Waals surface area (Å²) in [7, 11) is -9.72. The van der Waals surface area contributed by atoms with Gasteiger partial charge in [0.05, 0.1) is 6.54 Å². The van der Waals surface area contributed by atoms with E-state index in [1.807, 2.05) is 0 Å². The Morgan fingerprint density at radius 1 is 1.22 bits per heavy atom. The molecule has 0 saturated carbocycles. The summed E-state index contributed by atoms with van der Waals surface area (Å²) >= 11 is 0. The van der Waals surface area contributed by atoms with Crippen LogP contribution in [-0.4, -0.2) is 21.7 Å². The summed E-state index contributed by atoms with van der Waals surface area (Å²) in [6.45, 7) is 2.05. The molecule has 0 aliphatic heterocycles. The van der Waals surface area contributed by atoms with Gasteiger partial charge < -0.3 is 5.32 Å². The SMILES string of the molecule is C[C@@H](Cn1cccn1)NC(=O)c1ccc(S(F)(F)(F)(F)F)cc1. The Bertz CT molecular complexity index is 698. The van der Waals surface area contributed by atoms with E-state index in [2.05, 4.69) is 10.4 Å². The second-order valence-corrected chi connectivity index (χ2v) is 7.51. The number of nitrogens with one attached hydrogen (secondary N) is 1. The molecule has 1 N–H and O–H groups in total. The predicted octanol–water partition coefficient (Wildman–Crippen LogP) is 4.36. The first-order valence-corrected chi connectivity index (χ1v) is 8.43. The molecule has 1 heterocycles. The molecule has 10 heteroatoms. The fourth-order valence-electron chi connectivity index (χ4n) is 1.91. The maximum atomic E-state index is 12.6. The lowest BCUT2D eigenvalue weighted by atomic mass is 10.2. The van der Waals surface area contributed by atoms with Crippen molar-refractivity contribution in [3.8, 4) is 0 Å². The molecule has 1 aromatic heterocycles. The Hall–Kier alpha value is -2.10. The summed E-state index contributed by atoms with van der Waals surface area (Å²) < 4.78 is 64.5. The van der Waals surface area contributed by atoms with E-state index in [1.165, 1.54) is 0 Å². The van der Waals surface area contributed by atoms with Crippen LogP contribution in [0, 0.1) is 0 Å². The fraction of sp³-hybridized carbons (Fsp3) is 0.231. The average Bonchev–Trinajstić information content (AvgIpc) is 2.89. The van der Waals surface area contributed by atoms with Gasteiger partial charge in [0.15, 0.2) is 0 Å². The first-order valence-electron chi connectivity index (χ1n) is 6.47. The number of rotatable bonds is 5. The van der Waals surface area contributed by atoms with E-state index in [9.17, 15) is 24.2 Å². The topological polar surface area (TPSA) is 46.9 Å². The van der Waals surface area contributed by atoms with Crippen molar-refractivity contribution in [2.45, 2.75) is 24.4 Å². The first-order chi connectivity index (χ1) is 10.3. The second kappa shape index (κ2) is 4.95. The number of hydrogen-bond donors (Lipinski definition) is 1. The van der Waals surface area contributed by atoms with Gasteiger partial charge in [-0.15, -0.1) is 0 Å². The second-order valence-electron chi connectivity index (χ2n) is 5.10. The number of hydrogen-bond acceptors (Lipinski definition) is 2. The predicted molar refractivity (Wildman–Crippen MR) is 77.0 cm³/mol. The molecule has 2 aromatic rings. The molecule has 0 aliphatic rings. The van der Waals surface area contributed by atoms with Crippen molar-refractivity contribution in [3.63, 3.8) is 0 Å². The van der Waals surface area contributed by atoms with E-state index in [0.717, 1.165) is 12.1 Å². The molecule has 1 amide bonds. The number of carbonyl (C=O) groups excluding carboxylic acids is 1. The van der Waals surface area contributed by atoms with E-state index in [4.69, 9.17) is 0 Å². The van der Waals surface area contributed by atoms with Gasteiger partial charge in [-0.3, -0.25) is 9.48 Å². The largest absolute Gasteiger partial charge is 0.348 e. The summed E-state index contributed by atoms with van der Waals surface area (Å²) in [6.07, 6.45) is 3.25. The molecule has 128 valence electrons. The molecule has 0 bridgehead atoms. The van der Waals surface area contributed by atoms with Gasteiger partial charge in [-0.2, -0.15) is 5.10 Å². The van der Waals surface area contributed by atoms with Crippen LogP contribution in [0.1, 0.15) is 17.3 Å². The molecule has 1 atom stereocenters. The third kappa shape index (κ3) is 4.68. The molecule has 0 spiro atoms. The third-order valence-corrected chi connectivity index (χ3v) is 4.12. The van der Waals surface area contributed by atoms with Crippen LogP contribution in [0.15, 0.2) is 47.6 Å². The molecule has 2 rings (SSSR count). The lowest BCUT2D eigenvalue weighted by Crippen LogP contribution is -2.35. The zero-order chi connectivity index (χ0) is 17.4. The molecular weight excluding hydrogens is 341 g/mol. The summed E-state index contributed by atoms with van der Waals surface area (Å²) in [5, 5.41) is 6.50. The lowest BCUT2D eigenvalue weighted by molar-refractivity contribution is 0.0935. The molecule has 0 saturated heterocycles. The Labute approximate surface area is 129 Å². The quantitative estimate of drug-likeness (QED) is 0.810. The van der Waals surface area contributed by atoms with E-state index in [0.29, 0.717) is 6.54 Å². The van der Waals surface area contributed by atoms with Gasteiger partial charge >= 0.3 is 10.2 Å². The van der Waals surface area contributed by atoms with Gasteiger partial charge in [0.2, 0.25) is 0 Å². The van der Waals surface area contributed by atoms with Crippen molar-refractivity contribution in [2.75, 3.05) is 0 Å². The Kier molecular flexibility index (Phi) is 3.71. The molecule has 4 nitrogen and oxygen atoms in total. The van der Waals surface area contributed by atoms with Gasteiger partial charge in [-0.1, -0.05) is 19.4 Å². The third-order valence-electron chi connectivity index (χ3n) is 2.96. The van der Waals surface area contributed by atoms with Gasteiger partial charge in [0.1, 0.15) is 4.90 Å². The number of benzene rings is 1. The highest BCUT2D eigenvalue weighted by atomic mass is 32.5. The summed E-state index contributed by atoms with van der Waals surface area (Å²) in [5.41, 5.74) is -0.136. The van der Waals surface area contributed by atoms with E-state index in [1.54, 1.807) is 30.1 Å². The van der Waals surface area contributed by atoms with Crippen LogP contribution < -0.4 is 5.32 Å². The lowest BCUT2D eigenvalue weighted by Gasteiger charge is -2.40. The van der Waals surface area contributed by atoms with Gasteiger partial charge in [0.25, 0.3) is 5.91 Å². The number of amides is 1. The zero-order valence-electron chi connectivity index (χ0n) is 11.9. The van der Waals surface area contributed by atoms with Crippen molar-refractivity contribution in [2.24, 2.45) is 0 Å². The maximum Gasteiger partial charge on any atom is 0.310 e. The van der Waals surface area contributed by atoms with Crippen LogP contribution in [-0.2, 0) is 6.54 Å². The molecule has 0 aliphatic carbocycles. The standard InChI is InChI=1S/C13H14F5N3OS/c1-10(9-21-8-2-7-19-21)20-13(22)11-3-5-12(6-4-11)23(14,15,16,17)18/h2-8,10H,9H2,1H3,(H,20,22)/t10-/m0/s1. The molecular formula is C13H14F5N3OS. The Morgan fingerprint density at radius 2 is 1.83 bits per heavy atom. The normalized spacial score (nSPS) is 16.3. The minimum absolute atomic E-state index is 0.136. The summed E-state index contributed by atoms with van der Waals surface area (Å²) in [5.74, 6) is -0.654. The van der Waals surface area contributed by atoms with E-state index in [-0.39, 0.29) is 23.7 Å². The number of carbonyl (C=O) groups is 1. The number of halogens is 5. The van der Waals surface area contributed by atoms with Gasteiger partial charge in [-0.05, 0) is 37.3 Å². The Balaban J connectivity index is 2.06. The van der Waals surface area contributed by atoms with Gasteiger partial charge in [-0.25, -0.2) is 0 Å². The summed E-state index contributed by atoms with van der Waals surface area (Å²) in [6, 6.07) is 3.24. The average molecular weight is 355 g/mol. The van der Waals surface area contributed by atoms with Crippen LogP contribution in [0.3, 0.4) is 0 Å². The summed E-state index contributed by atoms with van der Waals surface area (Å²) in [4.78, 5) is 9.88. The first kappa shape index (κ1) is 17.3. The highest BCUT2D eigenvalue weighted by molar-refractivity contribution is 8.45. The Morgan fingerprint density at radius 3 is 2.30 bits per heavy atom. The van der Waals surface area contributed by atoms with Crippen molar-refractivity contribution in [1.29, 1.82) is 0 Å².